The molecule has 2 aliphatic heterocycles. The molecule has 0 aliphatic carbocycles. The van der Waals surface area contributed by atoms with Gasteiger partial charge in [-0.05, 0) is 32.9 Å². The van der Waals surface area contributed by atoms with Crippen molar-refractivity contribution in [3.8, 4) is 11.3 Å². The van der Waals surface area contributed by atoms with Crippen LogP contribution in [0, 0.1) is 13.8 Å². The molecule has 1 unspecified atom stereocenters. The number of hydrogen-bond acceptors (Lipinski definition) is 8. The minimum Gasteiger partial charge on any atom is -0.376 e. The second-order valence-corrected chi connectivity index (χ2v) is 8.60. The Morgan fingerprint density at radius 3 is 2.81 bits per heavy atom. The van der Waals surface area contributed by atoms with E-state index in [0.29, 0.717) is 24.7 Å². The Morgan fingerprint density at radius 2 is 2.09 bits per heavy atom. The number of ether oxygens (including phenoxy) is 2. The van der Waals surface area contributed by atoms with Crippen molar-refractivity contribution in [3.05, 3.63) is 58.0 Å². The van der Waals surface area contributed by atoms with E-state index in [1.54, 1.807) is 18.5 Å². The highest BCUT2D eigenvalue weighted by Crippen LogP contribution is 2.38. The lowest BCUT2D eigenvalue weighted by Gasteiger charge is -2.48. The maximum Gasteiger partial charge on any atom is 0.269 e. The smallest absolute Gasteiger partial charge is 0.269 e. The van der Waals surface area contributed by atoms with Crippen LogP contribution < -0.4 is 10.5 Å². The van der Waals surface area contributed by atoms with Crippen molar-refractivity contribution in [2.45, 2.75) is 45.4 Å². The molecule has 168 valence electrons. The Kier molecular flexibility index (Phi) is 5.30. The molecule has 0 saturated carbocycles. The van der Waals surface area contributed by atoms with E-state index < -0.39 is 0 Å². The number of pyridine rings is 1. The summed E-state index contributed by atoms with van der Waals surface area (Å²) in [6.07, 6.45) is 4.55. The van der Waals surface area contributed by atoms with Gasteiger partial charge in [0.05, 0.1) is 31.1 Å². The molecular formula is C23H27N5O4. The molecule has 9 heteroatoms. The number of aromatic nitrogens is 4. The second-order valence-electron chi connectivity index (χ2n) is 8.60. The SMILES string of the molecule is CCOC1COC2(C1)CN(c1cnn(Cc3c(-c4ccc(C)nc4)noc3C)c(=O)c1)C2. The molecule has 1 atom stereocenters. The van der Waals surface area contributed by atoms with Gasteiger partial charge in [0, 0.05) is 55.2 Å². The first-order valence-corrected chi connectivity index (χ1v) is 10.9. The minimum absolute atomic E-state index is 0.161. The summed E-state index contributed by atoms with van der Waals surface area (Å²) in [7, 11) is 0. The molecule has 0 radical (unpaired) electrons. The van der Waals surface area contributed by atoms with Gasteiger partial charge in [-0.2, -0.15) is 5.10 Å². The lowest BCUT2D eigenvalue weighted by atomic mass is 9.89. The summed E-state index contributed by atoms with van der Waals surface area (Å²) in [5.74, 6) is 0.658. The van der Waals surface area contributed by atoms with Gasteiger partial charge in [-0.1, -0.05) is 5.16 Å². The minimum atomic E-state index is -0.170. The fraction of sp³-hybridized carbons (Fsp3) is 0.478. The predicted octanol–water partition coefficient (Wildman–Crippen LogP) is 2.34. The third kappa shape index (κ3) is 3.82. The summed E-state index contributed by atoms with van der Waals surface area (Å²) in [4.78, 5) is 19.3. The maximum atomic E-state index is 12.8. The monoisotopic (exact) mass is 437 g/mol. The molecular weight excluding hydrogens is 410 g/mol. The quantitative estimate of drug-likeness (QED) is 0.580. The van der Waals surface area contributed by atoms with Gasteiger partial charge in [0.1, 0.15) is 17.1 Å². The molecule has 5 rings (SSSR count). The third-order valence-corrected chi connectivity index (χ3v) is 6.23. The lowest BCUT2D eigenvalue weighted by Crippen LogP contribution is -2.62. The number of anilines is 1. The first-order chi connectivity index (χ1) is 15.5. The van der Waals surface area contributed by atoms with Crippen molar-refractivity contribution in [3.63, 3.8) is 0 Å². The first kappa shape index (κ1) is 20.8. The van der Waals surface area contributed by atoms with Crippen molar-refractivity contribution in [2.75, 3.05) is 31.2 Å². The van der Waals surface area contributed by atoms with Crippen molar-refractivity contribution in [1.82, 2.24) is 19.9 Å². The van der Waals surface area contributed by atoms with Gasteiger partial charge >= 0.3 is 0 Å². The number of rotatable bonds is 6. The number of hydrogen-bond donors (Lipinski definition) is 0. The Labute approximate surface area is 185 Å². The molecule has 0 amide bonds. The van der Waals surface area contributed by atoms with Crippen LogP contribution in [0.25, 0.3) is 11.3 Å². The molecule has 2 saturated heterocycles. The first-order valence-electron chi connectivity index (χ1n) is 10.9. The zero-order valence-corrected chi connectivity index (χ0v) is 18.6. The van der Waals surface area contributed by atoms with Crippen LogP contribution in [0.15, 0.2) is 39.9 Å². The van der Waals surface area contributed by atoms with E-state index in [-0.39, 0.29) is 23.8 Å². The molecule has 2 fully saturated rings. The molecule has 3 aromatic heterocycles. The van der Waals surface area contributed by atoms with E-state index in [0.717, 1.165) is 42.0 Å². The lowest BCUT2D eigenvalue weighted by molar-refractivity contribution is -0.0220. The fourth-order valence-corrected chi connectivity index (χ4v) is 4.48. The topological polar surface area (TPSA) is 95.5 Å². The van der Waals surface area contributed by atoms with Gasteiger partial charge in [0.2, 0.25) is 0 Å². The van der Waals surface area contributed by atoms with Crippen molar-refractivity contribution >= 4 is 5.69 Å². The molecule has 9 nitrogen and oxygen atoms in total. The van der Waals surface area contributed by atoms with Crippen LogP contribution in [-0.4, -0.2) is 57.9 Å². The second kappa shape index (κ2) is 8.14. The standard InChI is InChI=1S/C23H27N5O4/c1-4-30-19-8-23(31-12-19)13-27(14-23)18-7-21(29)28(25-10-18)11-20-16(3)32-26-22(20)17-6-5-15(2)24-9-17/h5-7,9-10,19H,4,8,11-14H2,1-3H3. The van der Waals surface area contributed by atoms with Crippen LogP contribution in [0.2, 0.25) is 0 Å². The summed E-state index contributed by atoms with van der Waals surface area (Å²) < 4.78 is 18.5. The highest BCUT2D eigenvalue weighted by atomic mass is 16.6. The van der Waals surface area contributed by atoms with Crippen LogP contribution in [0.1, 0.15) is 30.4 Å². The molecule has 0 aromatic carbocycles. The van der Waals surface area contributed by atoms with Gasteiger partial charge in [0.15, 0.2) is 0 Å². The van der Waals surface area contributed by atoms with Crippen molar-refractivity contribution in [2.24, 2.45) is 0 Å². The van der Waals surface area contributed by atoms with E-state index in [9.17, 15) is 4.79 Å². The summed E-state index contributed by atoms with van der Waals surface area (Å²) >= 11 is 0. The van der Waals surface area contributed by atoms with Crippen LogP contribution in [0.5, 0.6) is 0 Å². The summed E-state index contributed by atoms with van der Waals surface area (Å²) in [6, 6.07) is 5.50. The normalized spacial score (nSPS) is 19.5. The summed E-state index contributed by atoms with van der Waals surface area (Å²) in [5, 5.41) is 8.60. The zero-order chi connectivity index (χ0) is 22.3. The van der Waals surface area contributed by atoms with Crippen LogP contribution in [0.3, 0.4) is 0 Å². The van der Waals surface area contributed by atoms with Crippen LogP contribution in [-0.2, 0) is 16.0 Å². The summed E-state index contributed by atoms with van der Waals surface area (Å²) in [5.41, 5.74) is 3.75. The highest BCUT2D eigenvalue weighted by Gasteiger charge is 2.50. The van der Waals surface area contributed by atoms with E-state index in [4.69, 9.17) is 14.0 Å². The highest BCUT2D eigenvalue weighted by molar-refractivity contribution is 5.62. The van der Waals surface area contributed by atoms with Gasteiger partial charge in [-0.15, -0.1) is 0 Å². The van der Waals surface area contributed by atoms with Gasteiger partial charge < -0.3 is 18.9 Å². The Morgan fingerprint density at radius 1 is 1.25 bits per heavy atom. The van der Waals surface area contributed by atoms with E-state index in [2.05, 4.69) is 20.1 Å². The molecule has 1 spiro atoms. The molecule has 3 aromatic rings. The van der Waals surface area contributed by atoms with Crippen molar-refractivity contribution in [1.29, 1.82) is 0 Å². The molecule has 0 bridgehead atoms. The van der Waals surface area contributed by atoms with Crippen LogP contribution in [0.4, 0.5) is 5.69 Å². The Balaban J connectivity index is 1.30. The zero-order valence-electron chi connectivity index (χ0n) is 18.6. The fourth-order valence-electron chi connectivity index (χ4n) is 4.48. The predicted molar refractivity (Wildman–Crippen MR) is 118 cm³/mol. The molecule has 5 heterocycles. The number of aryl methyl sites for hydroxylation is 2. The third-order valence-electron chi connectivity index (χ3n) is 6.23. The average Bonchev–Trinajstić information content (AvgIpc) is 3.34. The molecule has 0 N–H and O–H groups in total. The maximum absolute atomic E-state index is 12.8. The number of nitrogens with zero attached hydrogens (tertiary/aromatic N) is 5. The van der Waals surface area contributed by atoms with E-state index >= 15 is 0 Å². The Bertz CT molecular complexity index is 1160. The largest absolute Gasteiger partial charge is 0.376 e. The van der Waals surface area contributed by atoms with Crippen molar-refractivity contribution < 1.29 is 14.0 Å². The van der Waals surface area contributed by atoms with Gasteiger partial charge in [-0.3, -0.25) is 9.78 Å². The molecule has 32 heavy (non-hydrogen) atoms. The van der Waals surface area contributed by atoms with E-state index in [1.165, 1.54) is 4.68 Å². The van der Waals surface area contributed by atoms with Gasteiger partial charge in [0.25, 0.3) is 5.56 Å². The summed E-state index contributed by atoms with van der Waals surface area (Å²) in [6.45, 7) is 8.88. The van der Waals surface area contributed by atoms with Crippen LogP contribution >= 0.6 is 0 Å². The average molecular weight is 438 g/mol. The van der Waals surface area contributed by atoms with Gasteiger partial charge in [-0.25, -0.2) is 4.68 Å². The Hall–Kier alpha value is -3.04. The van der Waals surface area contributed by atoms with E-state index in [1.807, 2.05) is 32.9 Å². The molecule has 2 aliphatic rings.